The van der Waals surface area contributed by atoms with Gasteiger partial charge in [0.2, 0.25) is 0 Å². The van der Waals surface area contributed by atoms with Crippen LogP contribution >= 0.6 is 0 Å². The molecule has 0 aromatic heterocycles. The van der Waals surface area contributed by atoms with Crippen molar-refractivity contribution >= 4 is 22.4 Å². The Morgan fingerprint density at radius 1 is 1.18 bits per heavy atom. The van der Waals surface area contributed by atoms with E-state index in [1.807, 2.05) is 36.4 Å². The topological polar surface area (TPSA) is 38.3 Å². The Kier molecular flexibility index (Phi) is 3.60. The van der Waals surface area contributed by atoms with E-state index in [1.54, 1.807) is 6.92 Å². The molecule has 2 aromatic rings. The monoisotopic (exact) mass is 229 g/mol. The van der Waals surface area contributed by atoms with Crippen molar-refractivity contribution in [3.05, 3.63) is 42.5 Å². The standard InChI is InChI=1S/C14H15NO2/c1-2-17-14(16)10-15-13-8-7-11-5-3-4-6-12(11)9-13/h3-9,15H,2,10H2,1H3. The van der Waals surface area contributed by atoms with Crippen LogP contribution < -0.4 is 5.32 Å². The number of carbonyl (C=O) groups is 1. The molecule has 0 aliphatic carbocycles. The number of rotatable bonds is 4. The minimum atomic E-state index is -0.236. The van der Waals surface area contributed by atoms with E-state index >= 15 is 0 Å². The number of nitrogens with one attached hydrogen (secondary N) is 1. The number of carbonyl (C=O) groups excluding carboxylic acids is 1. The fourth-order valence-corrected chi connectivity index (χ4v) is 1.69. The summed E-state index contributed by atoms with van der Waals surface area (Å²) in [7, 11) is 0. The molecular weight excluding hydrogens is 214 g/mol. The lowest BCUT2D eigenvalue weighted by Crippen LogP contribution is -2.16. The molecule has 0 saturated heterocycles. The van der Waals surface area contributed by atoms with Crippen LogP contribution in [-0.4, -0.2) is 19.1 Å². The molecule has 3 nitrogen and oxygen atoms in total. The number of hydrogen-bond acceptors (Lipinski definition) is 3. The van der Waals surface area contributed by atoms with E-state index < -0.39 is 0 Å². The normalized spacial score (nSPS) is 10.2. The molecule has 2 aromatic carbocycles. The van der Waals surface area contributed by atoms with Crippen LogP contribution in [0.3, 0.4) is 0 Å². The maximum absolute atomic E-state index is 11.2. The Morgan fingerprint density at radius 3 is 2.71 bits per heavy atom. The van der Waals surface area contributed by atoms with E-state index in [0.717, 1.165) is 11.1 Å². The van der Waals surface area contributed by atoms with Crippen LogP contribution in [0.25, 0.3) is 10.8 Å². The van der Waals surface area contributed by atoms with Crippen molar-refractivity contribution in [1.29, 1.82) is 0 Å². The quantitative estimate of drug-likeness (QED) is 0.819. The Hall–Kier alpha value is -2.03. The first kappa shape index (κ1) is 11.5. The predicted molar refractivity (Wildman–Crippen MR) is 69.1 cm³/mol. The average molecular weight is 229 g/mol. The number of esters is 1. The molecule has 0 amide bonds. The smallest absolute Gasteiger partial charge is 0.325 e. The summed E-state index contributed by atoms with van der Waals surface area (Å²) in [6.07, 6.45) is 0. The third-order valence-corrected chi connectivity index (χ3v) is 2.49. The van der Waals surface area contributed by atoms with Crippen LogP contribution in [0.5, 0.6) is 0 Å². The minimum absolute atomic E-state index is 0.201. The second kappa shape index (κ2) is 5.34. The van der Waals surface area contributed by atoms with Gasteiger partial charge < -0.3 is 10.1 Å². The van der Waals surface area contributed by atoms with Crippen molar-refractivity contribution in [1.82, 2.24) is 0 Å². The molecule has 0 unspecified atom stereocenters. The predicted octanol–water partition coefficient (Wildman–Crippen LogP) is 2.81. The molecule has 0 spiro atoms. The molecule has 17 heavy (non-hydrogen) atoms. The van der Waals surface area contributed by atoms with E-state index in [1.165, 1.54) is 5.39 Å². The maximum atomic E-state index is 11.2. The number of ether oxygens (including phenoxy) is 1. The fraction of sp³-hybridized carbons (Fsp3) is 0.214. The summed E-state index contributed by atoms with van der Waals surface area (Å²) in [5.41, 5.74) is 0.928. The molecular formula is C14H15NO2. The second-order valence-electron chi connectivity index (χ2n) is 3.72. The highest BCUT2D eigenvalue weighted by Crippen LogP contribution is 2.18. The van der Waals surface area contributed by atoms with Crippen molar-refractivity contribution in [3.63, 3.8) is 0 Å². The van der Waals surface area contributed by atoms with Gasteiger partial charge in [0.25, 0.3) is 0 Å². The first-order chi connectivity index (χ1) is 8.29. The first-order valence-electron chi connectivity index (χ1n) is 5.68. The molecule has 0 aliphatic rings. The van der Waals surface area contributed by atoms with Crippen molar-refractivity contribution in [2.45, 2.75) is 6.92 Å². The van der Waals surface area contributed by atoms with E-state index in [0.29, 0.717) is 6.61 Å². The van der Waals surface area contributed by atoms with Gasteiger partial charge in [0, 0.05) is 5.69 Å². The molecule has 2 rings (SSSR count). The fourth-order valence-electron chi connectivity index (χ4n) is 1.69. The van der Waals surface area contributed by atoms with Crippen LogP contribution in [0.1, 0.15) is 6.92 Å². The van der Waals surface area contributed by atoms with Gasteiger partial charge in [0.1, 0.15) is 6.54 Å². The Bertz CT molecular complexity index is 522. The van der Waals surface area contributed by atoms with Gasteiger partial charge in [-0.3, -0.25) is 4.79 Å². The zero-order valence-electron chi connectivity index (χ0n) is 9.77. The summed E-state index contributed by atoms with van der Waals surface area (Å²) < 4.78 is 4.85. The van der Waals surface area contributed by atoms with Crippen LogP contribution in [0, 0.1) is 0 Å². The minimum Gasteiger partial charge on any atom is -0.465 e. The van der Waals surface area contributed by atoms with Crippen LogP contribution in [0.2, 0.25) is 0 Å². The van der Waals surface area contributed by atoms with E-state index in [9.17, 15) is 4.79 Å². The lowest BCUT2D eigenvalue weighted by molar-refractivity contribution is -0.140. The van der Waals surface area contributed by atoms with Gasteiger partial charge in [-0.2, -0.15) is 0 Å². The molecule has 0 aliphatic heterocycles. The lowest BCUT2D eigenvalue weighted by atomic mass is 10.1. The summed E-state index contributed by atoms with van der Waals surface area (Å²) in [6, 6.07) is 14.1. The molecule has 0 atom stereocenters. The summed E-state index contributed by atoms with van der Waals surface area (Å²) in [6.45, 7) is 2.42. The Labute approximate surface area is 100 Å². The highest BCUT2D eigenvalue weighted by Gasteiger charge is 2.01. The molecule has 3 heteroatoms. The van der Waals surface area contributed by atoms with Gasteiger partial charge in [0.15, 0.2) is 0 Å². The molecule has 88 valence electrons. The number of benzene rings is 2. The third kappa shape index (κ3) is 2.97. The summed E-state index contributed by atoms with van der Waals surface area (Å²) in [4.78, 5) is 11.2. The third-order valence-electron chi connectivity index (χ3n) is 2.49. The van der Waals surface area contributed by atoms with Gasteiger partial charge in [-0.15, -0.1) is 0 Å². The number of hydrogen-bond donors (Lipinski definition) is 1. The molecule has 0 radical (unpaired) electrons. The summed E-state index contributed by atoms with van der Waals surface area (Å²) in [5, 5.41) is 5.39. The van der Waals surface area contributed by atoms with Crippen molar-refractivity contribution in [2.75, 3.05) is 18.5 Å². The van der Waals surface area contributed by atoms with E-state index in [4.69, 9.17) is 4.74 Å². The molecule has 0 fully saturated rings. The van der Waals surface area contributed by atoms with Gasteiger partial charge in [-0.1, -0.05) is 30.3 Å². The lowest BCUT2D eigenvalue weighted by Gasteiger charge is -2.07. The summed E-state index contributed by atoms with van der Waals surface area (Å²) >= 11 is 0. The number of fused-ring (bicyclic) bond motifs is 1. The molecule has 0 heterocycles. The van der Waals surface area contributed by atoms with E-state index in [2.05, 4.69) is 11.4 Å². The Balaban J connectivity index is 2.06. The zero-order valence-corrected chi connectivity index (χ0v) is 9.77. The van der Waals surface area contributed by atoms with Gasteiger partial charge in [-0.25, -0.2) is 0 Å². The summed E-state index contributed by atoms with van der Waals surface area (Å²) in [5.74, 6) is -0.236. The van der Waals surface area contributed by atoms with Crippen molar-refractivity contribution < 1.29 is 9.53 Å². The zero-order chi connectivity index (χ0) is 12.1. The first-order valence-corrected chi connectivity index (χ1v) is 5.68. The Morgan fingerprint density at radius 2 is 1.94 bits per heavy atom. The SMILES string of the molecule is CCOC(=O)CNc1ccc2ccccc2c1. The van der Waals surface area contributed by atoms with Gasteiger partial charge in [0.05, 0.1) is 6.61 Å². The number of anilines is 1. The highest BCUT2D eigenvalue weighted by atomic mass is 16.5. The molecule has 1 N–H and O–H groups in total. The van der Waals surface area contributed by atoms with Crippen LogP contribution in [0.4, 0.5) is 5.69 Å². The maximum Gasteiger partial charge on any atom is 0.325 e. The second-order valence-corrected chi connectivity index (χ2v) is 3.72. The largest absolute Gasteiger partial charge is 0.465 e. The molecule has 0 saturated carbocycles. The highest BCUT2D eigenvalue weighted by molar-refractivity contribution is 5.86. The van der Waals surface area contributed by atoms with E-state index in [-0.39, 0.29) is 12.5 Å². The van der Waals surface area contributed by atoms with Crippen LogP contribution in [-0.2, 0) is 9.53 Å². The van der Waals surface area contributed by atoms with Gasteiger partial charge >= 0.3 is 5.97 Å². The van der Waals surface area contributed by atoms with Crippen molar-refractivity contribution in [2.24, 2.45) is 0 Å². The average Bonchev–Trinajstić information content (AvgIpc) is 2.36. The molecule has 0 bridgehead atoms. The van der Waals surface area contributed by atoms with Gasteiger partial charge in [-0.05, 0) is 29.8 Å². The van der Waals surface area contributed by atoms with Crippen molar-refractivity contribution in [3.8, 4) is 0 Å². The van der Waals surface area contributed by atoms with Crippen LogP contribution in [0.15, 0.2) is 42.5 Å².